The van der Waals surface area contributed by atoms with E-state index in [-0.39, 0.29) is 6.04 Å². The molecule has 2 saturated heterocycles. The lowest BCUT2D eigenvalue weighted by molar-refractivity contribution is -0.121. The second kappa shape index (κ2) is 6.25. The molecule has 0 unspecified atom stereocenters. The summed E-state index contributed by atoms with van der Waals surface area (Å²) in [6.45, 7) is 3.12. The number of hydrogen-bond acceptors (Lipinski definition) is 3. The SMILES string of the molecule is O=CN1CCCC[C@H]1c1ccc(N2CCCCC2)nc1. The Labute approximate surface area is 120 Å². The molecule has 0 spiro atoms. The van der Waals surface area contributed by atoms with E-state index in [9.17, 15) is 4.79 Å². The van der Waals surface area contributed by atoms with Crippen molar-refractivity contribution in [3.05, 3.63) is 23.9 Å². The van der Waals surface area contributed by atoms with Crippen molar-refractivity contribution in [1.82, 2.24) is 9.88 Å². The van der Waals surface area contributed by atoms with Gasteiger partial charge in [0, 0.05) is 25.8 Å². The number of carbonyl (C=O) groups is 1. The van der Waals surface area contributed by atoms with E-state index in [0.717, 1.165) is 44.7 Å². The maximum atomic E-state index is 11.2. The molecule has 108 valence electrons. The van der Waals surface area contributed by atoms with Crippen molar-refractivity contribution in [2.45, 2.75) is 44.6 Å². The van der Waals surface area contributed by atoms with Crippen molar-refractivity contribution in [1.29, 1.82) is 0 Å². The Hall–Kier alpha value is -1.58. The molecule has 1 aromatic rings. The molecule has 2 fully saturated rings. The summed E-state index contributed by atoms with van der Waals surface area (Å²) in [6.07, 6.45) is 10.2. The Morgan fingerprint density at radius 3 is 2.55 bits per heavy atom. The molecule has 1 atom stereocenters. The van der Waals surface area contributed by atoms with Gasteiger partial charge in [0.2, 0.25) is 6.41 Å². The minimum atomic E-state index is 0.226. The third kappa shape index (κ3) is 2.79. The summed E-state index contributed by atoms with van der Waals surface area (Å²) < 4.78 is 0. The number of rotatable bonds is 3. The van der Waals surface area contributed by atoms with E-state index in [1.807, 2.05) is 11.1 Å². The van der Waals surface area contributed by atoms with Crippen LogP contribution in [-0.2, 0) is 4.79 Å². The van der Waals surface area contributed by atoms with Gasteiger partial charge in [-0.1, -0.05) is 6.07 Å². The van der Waals surface area contributed by atoms with E-state index in [2.05, 4.69) is 22.0 Å². The van der Waals surface area contributed by atoms with E-state index in [1.165, 1.54) is 31.2 Å². The topological polar surface area (TPSA) is 36.4 Å². The Morgan fingerprint density at radius 1 is 1.05 bits per heavy atom. The van der Waals surface area contributed by atoms with Gasteiger partial charge in [-0.2, -0.15) is 0 Å². The maximum Gasteiger partial charge on any atom is 0.210 e. The molecule has 3 heterocycles. The highest BCUT2D eigenvalue weighted by molar-refractivity contribution is 5.49. The van der Waals surface area contributed by atoms with Crippen LogP contribution in [-0.4, -0.2) is 35.9 Å². The van der Waals surface area contributed by atoms with Crippen molar-refractivity contribution >= 4 is 12.2 Å². The van der Waals surface area contributed by atoms with Crippen LogP contribution >= 0.6 is 0 Å². The first kappa shape index (κ1) is 13.4. The zero-order valence-corrected chi connectivity index (χ0v) is 12.0. The summed E-state index contributed by atoms with van der Waals surface area (Å²) in [5, 5.41) is 0. The van der Waals surface area contributed by atoms with Gasteiger partial charge < -0.3 is 9.80 Å². The van der Waals surface area contributed by atoms with E-state index in [4.69, 9.17) is 0 Å². The lowest BCUT2D eigenvalue weighted by Gasteiger charge is -2.33. The van der Waals surface area contributed by atoms with Crippen LogP contribution in [0.25, 0.3) is 0 Å². The predicted octanol–water partition coefficient (Wildman–Crippen LogP) is 2.76. The van der Waals surface area contributed by atoms with Crippen molar-refractivity contribution in [2.24, 2.45) is 0 Å². The predicted molar refractivity (Wildman–Crippen MR) is 79.7 cm³/mol. The molecule has 0 saturated carbocycles. The van der Waals surface area contributed by atoms with Crippen LogP contribution in [0.15, 0.2) is 18.3 Å². The highest BCUT2D eigenvalue weighted by Gasteiger charge is 2.23. The van der Waals surface area contributed by atoms with Crippen molar-refractivity contribution in [3.63, 3.8) is 0 Å². The van der Waals surface area contributed by atoms with Crippen molar-refractivity contribution < 1.29 is 4.79 Å². The number of hydrogen-bond donors (Lipinski definition) is 0. The summed E-state index contributed by atoms with van der Waals surface area (Å²) in [4.78, 5) is 20.1. The van der Waals surface area contributed by atoms with Gasteiger partial charge in [-0.25, -0.2) is 4.98 Å². The zero-order chi connectivity index (χ0) is 13.8. The molecule has 3 rings (SSSR count). The van der Waals surface area contributed by atoms with Crippen LogP contribution < -0.4 is 4.90 Å². The summed E-state index contributed by atoms with van der Waals surface area (Å²) in [5.74, 6) is 1.09. The number of amides is 1. The molecule has 4 heteroatoms. The van der Waals surface area contributed by atoms with E-state index in [0.29, 0.717) is 0 Å². The van der Waals surface area contributed by atoms with Gasteiger partial charge in [0.05, 0.1) is 6.04 Å². The Bertz CT molecular complexity index is 440. The third-order valence-corrected chi connectivity index (χ3v) is 4.52. The third-order valence-electron chi connectivity index (χ3n) is 4.52. The largest absolute Gasteiger partial charge is 0.357 e. The zero-order valence-electron chi connectivity index (χ0n) is 12.0. The first-order valence-corrected chi connectivity index (χ1v) is 7.80. The van der Waals surface area contributed by atoms with E-state index in [1.54, 1.807) is 0 Å². The van der Waals surface area contributed by atoms with Crippen LogP contribution in [0.2, 0.25) is 0 Å². The number of carbonyl (C=O) groups excluding carboxylic acids is 1. The average Bonchev–Trinajstić information content (AvgIpc) is 2.56. The van der Waals surface area contributed by atoms with Crippen LogP contribution in [0.3, 0.4) is 0 Å². The second-order valence-electron chi connectivity index (χ2n) is 5.85. The van der Waals surface area contributed by atoms with Crippen LogP contribution in [0.4, 0.5) is 5.82 Å². The summed E-state index contributed by atoms with van der Waals surface area (Å²) in [5.41, 5.74) is 1.18. The smallest absolute Gasteiger partial charge is 0.210 e. The average molecular weight is 273 g/mol. The Morgan fingerprint density at radius 2 is 1.85 bits per heavy atom. The Kier molecular flexibility index (Phi) is 4.19. The lowest BCUT2D eigenvalue weighted by atomic mass is 9.97. The highest BCUT2D eigenvalue weighted by atomic mass is 16.1. The molecule has 4 nitrogen and oxygen atoms in total. The summed E-state index contributed by atoms with van der Waals surface area (Å²) in [6, 6.07) is 4.51. The molecule has 0 aromatic carbocycles. The van der Waals surface area contributed by atoms with Crippen molar-refractivity contribution in [2.75, 3.05) is 24.5 Å². The molecule has 1 amide bonds. The van der Waals surface area contributed by atoms with E-state index >= 15 is 0 Å². The van der Waals surface area contributed by atoms with Crippen LogP contribution in [0.1, 0.15) is 50.1 Å². The highest BCUT2D eigenvalue weighted by Crippen LogP contribution is 2.30. The molecule has 0 bridgehead atoms. The molecular formula is C16H23N3O. The minimum Gasteiger partial charge on any atom is -0.357 e. The first-order chi connectivity index (χ1) is 9.88. The van der Waals surface area contributed by atoms with Gasteiger partial charge in [0.15, 0.2) is 0 Å². The standard InChI is InChI=1S/C16H23N3O/c20-13-19-11-5-2-6-15(19)14-7-8-16(17-12-14)18-9-3-1-4-10-18/h7-8,12-13,15H,1-6,9-11H2/t15-/m0/s1. The molecule has 0 aliphatic carbocycles. The number of anilines is 1. The minimum absolute atomic E-state index is 0.226. The summed E-state index contributed by atoms with van der Waals surface area (Å²) >= 11 is 0. The second-order valence-corrected chi connectivity index (χ2v) is 5.85. The van der Waals surface area contributed by atoms with Gasteiger partial charge in [-0.15, -0.1) is 0 Å². The number of likely N-dealkylation sites (tertiary alicyclic amines) is 1. The van der Waals surface area contributed by atoms with Gasteiger partial charge >= 0.3 is 0 Å². The summed E-state index contributed by atoms with van der Waals surface area (Å²) in [7, 11) is 0. The lowest BCUT2D eigenvalue weighted by Crippen LogP contribution is -2.32. The molecule has 2 aliphatic heterocycles. The molecule has 20 heavy (non-hydrogen) atoms. The van der Waals surface area contributed by atoms with Crippen LogP contribution in [0.5, 0.6) is 0 Å². The fourth-order valence-electron chi connectivity index (χ4n) is 3.34. The van der Waals surface area contributed by atoms with E-state index < -0.39 is 0 Å². The van der Waals surface area contributed by atoms with Gasteiger partial charge in [0.25, 0.3) is 0 Å². The first-order valence-electron chi connectivity index (χ1n) is 7.80. The van der Waals surface area contributed by atoms with Crippen LogP contribution in [0, 0.1) is 0 Å². The maximum absolute atomic E-state index is 11.2. The monoisotopic (exact) mass is 273 g/mol. The van der Waals surface area contributed by atoms with Gasteiger partial charge in [0.1, 0.15) is 5.82 Å². The molecule has 0 radical (unpaired) electrons. The molecular weight excluding hydrogens is 250 g/mol. The quantitative estimate of drug-likeness (QED) is 0.795. The normalized spacial score (nSPS) is 23.7. The molecule has 1 aromatic heterocycles. The van der Waals surface area contributed by atoms with Crippen molar-refractivity contribution in [3.8, 4) is 0 Å². The number of piperidine rings is 2. The Balaban J connectivity index is 1.72. The number of pyridine rings is 1. The fraction of sp³-hybridized carbons (Fsp3) is 0.625. The fourth-order valence-corrected chi connectivity index (χ4v) is 3.34. The number of nitrogens with zero attached hydrogens (tertiary/aromatic N) is 3. The van der Waals surface area contributed by atoms with Gasteiger partial charge in [-0.05, 0) is 50.2 Å². The van der Waals surface area contributed by atoms with Gasteiger partial charge in [-0.3, -0.25) is 4.79 Å². The number of aromatic nitrogens is 1. The molecule has 2 aliphatic rings. The molecule has 0 N–H and O–H groups in total.